The summed E-state index contributed by atoms with van der Waals surface area (Å²) in [5.74, 6) is -0.284. The molecule has 4 aromatic rings. The number of fused-ring (bicyclic) bond motifs is 1. The molecule has 0 atom stereocenters. The Bertz CT molecular complexity index is 1290. The largest absolute Gasteiger partial charge is 0.483 e. The van der Waals surface area contributed by atoms with E-state index < -0.39 is 5.60 Å². The van der Waals surface area contributed by atoms with Crippen LogP contribution in [0.25, 0.3) is 10.9 Å². The van der Waals surface area contributed by atoms with Crippen LogP contribution in [0.15, 0.2) is 85.1 Å². The smallest absolute Gasteiger partial charge is 0.290 e. The first-order valence-corrected chi connectivity index (χ1v) is 12.5. The van der Waals surface area contributed by atoms with Crippen molar-refractivity contribution in [2.24, 2.45) is 0 Å². The minimum Gasteiger partial charge on any atom is -0.483 e. The number of hydrogen-bond donors (Lipinski definition) is 3. The highest BCUT2D eigenvalue weighted by molar-refractivity contribution is 5.81. The molecule has 39 heavy (non-hydrogen) atoms. The van der Waals surface area contributed by atoms with Gasteiger partial charge >= 0.3 is 0 Å². The van der Waals surface area contributed by atoms with Crippen LogP contribution in [0.3, 0.4) is 0 Å². The highest BCUT2D eigenvalue weighted by Crippen LogP contribution is 2.25. The fraction of sp³-hybridized carbons (Fsp3) is 0.258. The summed E-state index contributed by atoms with van der Waals surface area (Å²) in [6, 6.07) is 24.3. The van der Waals surface area contributed by atoms with E-state index in [-0.39, 0.29) is 12.3 Å². The Labute approximate surface area is 228 Å². The zero-order valence-corrected chi connectivity index (χ0v) is 22.3. The van der Waals surface area contributed by atoms with E-state index in [0.29, 0.717) is 11.3 Å². The summed E-state index contributed by atoms with van der Waals surface area (Å²) < 4.78 is 12.7. The number of aldehydes is 1. The van der Waals surface area contributed by atoms with Crippen LogP contribution in [0, 0.1) is 12.7 Å². The van der Waals surface area contributed by atoms with Gasteiger partial charge in [0.05, 0.1) is 17.3 Å². The van der Waals surface area contributed by atoms with Crippen molar-refractivity contribution in [3.05, 3.63) is 108 Å². The fourth-order valence-corrected chi connectivity index (χ4v) is 4.05. The lowest BCUT2D eigenvalue weighted by Gasteiger charge is -2.36. The Hall–Kier alpha value is -4.14. The Morgan fingerprint density at radius 1 is 1.00 bits per heavy atom. The van der Waals surface area contributed by atoms with Crippen molar-refractivity contribution in [3.63, 3.8) is 0 Å². The van der Waals surface area contributed by atoms with Gasteiger partial charge in [0.25, 0.3) is 6.47 Å². The number of likely N-dealkylation sites (tertiary alicyclic amines) is 1. The molecule has 1 aliphatic rings. The molecule has 2 heterocycles. The van der Waals surface area contributed by atoms with E-state index >= 15 is 0 Å². The number of hydrogen-bond acceptors (Lipinski definition) is 6. The second kappa shape index (κ2) is 16.0. The molecule has 1 saturated heterocycles. The number of aromatic nitrogens is 1. The van der Waals surface area contributed by atoms with Crippen molar-refractivity contribution < 1.29 is 24.2 Å². The van der Waals surface area contributed by atoms with E-state index in [1.807, 2.05) is 43.3 Å². The van der Waals surface area contributed by atoms with Gasteiger partial charge in [-0.05, 0) is 68.3 Å². The van der Waals surface area contributed by atoms with Crippen LogP contribution < -0.4 is 5.73 Å². The number of anilines is 1. The van der Waals surface area contributed by atoms with Crippen molar-refractivity contribution in [1.29, 1.82) is 0 Å². The predicted octanol–water partition coefficient (Wildman–Crippen LogP) is 5.15. The van der Waals surface area contributed by atoms with Crippen molar-refractivity contribution in [2.75, 3.05) is 25.9 Å². The molecule has 3 aromatic carbocycles. The van der Waals surface area contributed by atoms with Crippen LogP contribution in [0.2, 0.25) is 0 Å². The number of carboxylic acid groups (broad SMARTS) is 1. The summed E-state index contributed by atoms with van der Waals surface area (Å²) in [5.41, 5.74) is 9.42. The summed E-state index contributed by atoms with van der Waals surface area (Å²) in [6.45, 7) is 3.72. The van der Waals surface area contributed by atoms with Crippen molar-refractivity contribution in [2.45, 2.75) is 31.8 Å². The van der Waals surface area contributed by atoms with Gasteiger partial charge in [0.1, 0.15) is 12.1 Å². The van der Waals surface area contributed by atoms with Crippen LogP contribution in [0.1, 0.15) is 34.3 Å². The van der Waals surface area contributed by atoms with Crippen LogP contribution in [-0.4, -0.2) is 58.6 Å². The third kappa shape index (κ3) is 11.0. The van der Waals surface area contributed by atoms with E-state index in [4.69, 9.17) is 15.6 Å². The summed E-state index contributed by atoms with van der Waals surface area (Å²) in [6.07, 6.45) is 4.60. The number of nitrogen functional groups attached to an aromatic ring is 1. The van der Waals surface area contributed by atoms with Gasteiger partial charge in [0.15, 0.2) is 0 Å². The minimum absolute atomic E-state index is 0.250. The number of carbonyl (C=O) groups excluding carboxylic acids is 1. The van der Waals surface area contributed by atoms with Gasteiger partial charge in [-0.3, -0.25) is 14.6 Å². The lowest BCUT2D eigenvalue weighted by atomic mass is 9.85. The van der Waals surface area contributed by atoms with E-state index in [2.05, 4.69) is 29.1 Å². The maximum atomic E-state index is 12.7. The molecule has 1 fully saturated rings. The molecule has 1 aromatic heterocycles. The quantitative estimate of drug-likeness (QED) is 0.246. The second-order valence-electron chi connectivity index (χ2n) is 9.38. The Kier molecular flexibility index (Phi) is 12.7. The average Bonchev–Trinajstić information content (AvgIpc) is 2.93. The zero-order valence-electron chi connectivity index (χ0n) is 22.3. The molecule has 0 unspecified atom stereocenters. The van der Waals surface area contributed by atoms with Gasteiger partial charge in [0.2, 0.25) is 0 Å². The van der Waals surface area contributed by atoms with E-state index in [9.17, 15) is 14.3 Å². The first kappa shape index (κ1) is 31.1. The molecule has 0 aliphatic carbocycles. The number of para-hydroxylation sites is 1. The highest BCUT2D eigenvalue weighted by atomic mass is 19.1. The minimum atomic E-state index is -0.478. The molecule has 8 heteroatoms. The molecule has 4 N–H and O–H groups in total. The molecule has 0 spiro atoms. The molecule has 0 bridgehead atoms. The van der Waals surface area contributed by atoms with Gasteiger partial charge in [-0.25, -0.2) is 4.39 Å². The van der Waals surface area contributed by atoms with Crippen molar-refractivity contribution in [1.82, 2.24) is 9.88 Å². The number of nitrogens with zero attached hydrogens (tertiary/aromatic N) is 2. The van der Waals surface area contributed by atoms with Crippen LogP contribution >= 0.6 is 0 Å². The number of benzene rings is 3. The Morgan fingerprint density at radius 2 is 1.62 bits per heavy atom. The number of carbonyl (C=O) groups is 2. The fourth-order valence-electron chi connectivity index (χ4n) is 4.05. The first-order chi connectivity index (χ1) is 18.7. The van der Waals surface area contributed by atoms with E-state index in [1.54, 1.807) is 24.3 Å². The third-order valence-electron chi connectivity index (χ3n) is 6.25. The van der Waals surface area contributed by atoms with Gasteiger partial charge in [0, 0.05) is 36.1 Å². The highest BCUT2D eigenvalue weighted by Gasteiger charge is 2.30. The molecule has 1 aliphatic heterocycles. The SMILES string of the molecule is CN1CCC(O)(Cc2ccccc2)CC1.Cc1cccc2cc(F)cnc12.Nc1ccc(C=O)cc1.O=CO. The number of aryl methyl sites for hydroxylation is 1. The topological polar surface area (TPSA) is 117 Å². The number of nitrogens with two attached hydrogens (primary N) is 1. The summed E-state index contributed by atoms with van der Waals surface area (Å²) in [5, 5.41) is 18.2. The zero-order chi connectivity index (χ0) is 28.7. The van der Waals surface area contributed by atoms with Gasteiger partial charge in [-0.15, -0.1) is 0 Å². The second-order valence-corrected chi connectivity index (χ2v) is 9.38. The lowest BCUT2D eigenvalue weighted by Crippen LogP contribution is -2.44. The lowest BCUT2D eigenvalue weighted by molar-refractivity contribution is -0.122. The molecule has 7 nitrogen and oxygen atoms in total. The number of rotatable bonds is 3. The molecule has 0 radical (unpaired) electrons. The molecule has 0 amide bonds. The van der Waals surface area contributed by atoms with Gasteiger partial charge < -0.3 is 20.8 Å². The summed E-state index contributed by atoms with van der Waals surface area (Å²) in [7, 11) is 2.11. The molecular weight excluding hydrogens is 497 g/mol. The monoisotopic (exact) mass is 533 g/mol. The molecule has 206 valence electrons. The first-order valence-electron chi connectivity index (χ1n) is 12.5. The van der Waals surface area contributed by atoms with Crippen molar-refractivity contribution >= 4 is 29.3 Å². The number of halogens is 1. The Morgan fingerprint density at radius 3 is 2.21 bits per heavy atom. The molecule has 0 saturated carbocycles. The normalized spacial score (nSPS) is 13.8. The maximum Gasteiger partial charge on any atom is 0.290 e. The predicted molar refractivity (Wildman–Crippen MR) is 153 cm³/mol. The van der Waals surface area contributed by atoms with Crippen LogP contribution in [0.4, 0.5) is 10.1 Å². The standard InChI is InChI=1S/C13H19NO.C10H8FN.C7H7NO.CH2O2/c1-14-9-7-13(15,8-10-14)11-12-5-3-2-4-6-12;1-7-3-2-4-8-5-9(11)6-12-10(7)8;8-7-3-1-6(5-9)2-4-7;2-1-3/h2-6,15H,7-11H2,1H3;2-6H,1H3;1-5H,8H2;1H,(H,2,3). The average molecular weight is 534 g/mol. The number of aliphatic hydroxyl groups is 1. The maximum absolute atomic E-state index is 12.7. The van der Waals surface area contributed by atoms with Gasteiger partial charge in [-0.2, -0.15) is 0 Å². The third-order valence-corrected chi connectivity index (χ3v) is 6.25. The van der Waals surface area contributed by atoms with E-state index in [1.165, 1.54) is 17.8 Å². The summed E-state index contributed by atoms with van der Waals surface area (Å²) >= 11 is 0. The van der Waals surface area contributed by atoms with Gasteiger partial charge in [-0.1, -0.05) is 48.5 Å². The number of pyridine rings is 1. The molecule has 5 rings (SSSR count). The summed E-state index contributed by atoms with van der Waals surface area (Å²) in [4.78, 5) is 24.7. The van der Waals surface area contributed by atoms with E-state index in [0.717, 1.165) is 55.1 Å². The number of piperidine rings is 1. The molecular formula is C31H36FN3O4. The van der Waals surface area contributed by atoms with Crippen LogP contribution in [0.5, 0.6) is 0 Å². The van der Waals surface area contributed by atoms with Crippen molar-refractivity contribution in [3.8, 4) is 0 Å². The van der Waals surface area contributed by atoms with Crippen LogP contribution in [-0.2, 0) is 11.2 Å². The Balaban J connectivity index is 0.000000200.